The van der Waals surface area contributed by atoms with Crippen LogP contribution in [0.1, 0.15) is 203 Å². The third-order valence-electron chi connectivity index (χ3n) is 27.8. The van der Waals surface area contributed by atoms with Gasteiger partial charge in [-0.3, -0.25) is 19.9 Å². The molecule has 748 valence electrons. The molecule has 0 aliphatic carbocycles. The first-order chi connectivity index (χ1) is 70.1. The Balaban J connectivity index is 0.000000133. The number of aromatic nitrogens is 8. The van der Waals surface area contributed by atoms with Crippen molar-refractivity contribution in [3.63, 3.8) is 0 Å². The number of thiophene rings is 1. The number of hydrogen-bond donors (Lipinski definition) is 0. The number of benzene rings is 16. The van der Waals surface area contributed by atoms with Gasteiger partial charge < -0.3 is 31.5 Å². The number of para-hydroxylation sites is 4. The van der Waals surface area contributed by atoms with E-state index in [0.717, 1.165) is 117 Å². The Bertz CT molecular complexity index is 8420. The van der Waals surface area contributed by atoms with Crippen LogP contribution in [0.25, 0.3) is 199 Å². The zero-order valence-corrected chi connectivity index (χ0v) is 96.2. The summed E-state index contributed by atoms with van der Waals surface area (Å²) in [4.78, 5) is 18.9. The van der Waals surface area contributed by atoms with E-state index in [9.17, 15) is 0 Å². The summed E-state index contributed by atoms with van der Waals surface area (Å²) in [5.74, 6) is 6.37. The Labute approximate surface area is 925 Å². The molecule has 4 radical (unpaired) electrons. The second kappa shape index (κ2) is 45.7. The first kappa shape index (κ1) is 106. The SMILES string of the molecule is CC(C)c1cc(-c2ccc3c(c2)oc2ccccc23)cc(C(C)C)c1-n1ccnc1-c1[c-]cccc1.CC(C)c1cc(-c2ccc3oc4ccccc4c3c2)cc(C(C)C)c1-n1ccnc1-c1[c-]cccc1.CC(C)c1cc(-c2cccc3c2oc2ccccc23)cc(C(C)C)c1-n1ccnc1-c1[c-]cccc1.CC(C)c1cc(-c2cccc3c2sc2ccccc23)cc(C(C)C)c1-n1ccnc1-c1[c-]cccc1.[Ir].[Ir].[Ir].[Ir]. The molecular weight excluding hydrogens is 2550 g/mol. The molecule has 11 nitrogen and oxygen atoms in total. The summed E-state index contributed by atoms with van der Waals surface area (Å²) in [6.07, 6.45) is 15.9. The van der Waals surface area contributed by atoms with Gasteiger partial charge >= 0.3 is 0 Å². The van der Waals surface area contributed by atoms with Crippen molar-refractivity contribution in [3.05, 3.63) is 434 Å². The minimum atomic E-state index is 0. The molecule has 0 N–H and O–H groups in total. The van der Waals surface area contributed by atoms with E-state index in [0.29, 0.717) is 47.3 Å². The molecule has 24 rings (SSSR count). The van der Waals surface area contributed by atoms with Crippen molar-refractivity contribution < 1.29 is 93.7 Å². The van der Waals surface area contributed by atoms with Crippen LogP contribution in [0.3, 0.4) is 0 Å². The quantitative estimate of drug-likeness (QED) is 0.0699. The summed E-state index contributed by atoms with van der Waals surface area (Å²) in [5, 5.41) is 9.60. The maximum absolute atomic E-state index is 6.40. The van der Waals surface area contributed by atoms with Crippen molar-refractivity contribution in [2.75, 3.05) is 0 Å². The summed E-state index contributed by atoms with van der Waals surface area (Å²) in [7, 11) is 0. The van der Waals surface area contributed by atoms with Crippen molar-refractivity contribution in [1.82, 2.24) is 38.2 Å². The minimum Gasteiger partial charge on any atom is -0.456 e. The van der Waals surface area contributed by atoms with Crippen LogP contribution in [0, 0.1) is 24.3 Å². The van der Waals surface area contributed by atoms with E-state index in [1.165, 1.54) is 126 Å². The standard InChI is InChI=1S/3C33H29N2O.C33H29N2S.4Ir/c1-21(2)28-19-24(25-14-10-15-27-26-13-8-9-16-30(26)36-32(25)27)20-29(22(3)4)31(28)35-18-17-34-33(35)23-11-6-5-7-12-23;1-21(2)28-18-25(24-14-15-27-26-12-8-9-13-30(26)36-31(27)20-24)19-29(22(3)4)32(28)35-17-16-34-33(35)23-10-6-5-7-11-23;1-21(2)27-19-25(24-14-15-31-29(18-24)26-12-8-9-13-30(26)36-31)20-28(22(3)4)32(27)35-17-16-34-33(35)23-10-6-5-7-11-23;1-21(2)28-19-24(25-14-10-15-27-26-13-8-9-16-30(26)36-32(25)27)20-29(22(3)4)31(28)35-18-17-34-33(35)23-11-6-5-7-12-23;;;;/h5-11,13-22H,1-4H3;2*5-10,12-22H,1-4H3;5-11,13-22H,1-4H3;;;;/q4*-1;;;;. The summed E-state index contributed by atoms with van der Waals surface area (Å²) >= 11 is 1.89. The van der Waals surface area contributed by atoms with E-state index in [2.05, 4.69) is 384 Å². The Morgan fingerprint density at radius 2 is 0.520 bits per heavy atom. The van der Waals surface area contributed by atoms with Crippen LogP contribution in [0.2, 0.25) is 0 Å². The summed E-state index contributed by atoms with van der Waals surface area (Å²) in [6.45, 7) is 36.3. The minimum absolute atomic E-state index is 0. The Hall–Kier alpha value is -13.4. The van der Waals surface area contributed by atoms with Crippen LogP contribution < -0.4 is 0 Å². The van der Waals surface area contributed by atoms with Gasteiger partial charge in [-0.15, -0.1) is 155 Å². The average Bonchev–Trinajstić information content (AvgIpc) is 1.68. The average molecular weight is 2660 g/mol. The largest absolute Gasteiger partial charge is 0.456 e. The number of hydrogen-bond acceptors (Lipinski definition) is 8. The first-order valence-corrected chi connectivity index (χ1v) is 51.3. The number of furan rings is 3. The fraction of sp³-hybridized carbons (Fsp3) is 0.182. The molecule has 24 aromatic rings. The van der Waals surface area contributed by atoms with E-state index in [1.54, 1.807) is 0 Å². The van der Waals surface area contributed by atoms with Crippen LogP contribution in [-0.4, -0.2) is 38.2 Å². The second-order valence-electron chi connectivity index (χ2n) is 40.0. The maximum Gasteiger partial charge on any atom is 0.143 e. The van der Waals surface area contributed by atoms with Crippen molar-refractivity contribution in [3.8, 4) is 113 Å². The van der Waals surface area contributed by atoms with Gasteiger partial charge in [-0.1, -0.05) is 232 Å². The molecule has 0 amide bonds. The van der Waals surface area contributed by atoms with Crippen LogP contribution in [0.5, 0.6) is 0 Å². The molecule has 0 spiro atoms. The van der Waals surface area contributed by atoms with Crippen molar-refractivity contribution in [2.24, 2.45) is 0 Å². The van der Waals surface area contributed by atoms with Crippen LogP contribution >= 0.6 is 11.3 Å². The normalized spacial score (nSPS) is 11.5. The Kier molecular flexibility index (Phi) is 32.7. The van der Waals surface area contributed by atoms with E-state index in [1.807, 2.05) is 145 Å². The molecule has 8 heterocycles. The molecule has 0 bridgehead atoms. The van der Waals surface area contributed by atoms with Crippen molar-refractivity contribution in [2.45, 2.75) is 158 Å². The summed E-state index contributed by atoms with van der Waals surface area (Å²) < 4.78 is 30.4. The van der Waals surface area contributed by atoms with Crippen molar-refractivity contribution in [1.29, 1.82) is 0 Å². The molecule has 148 heavy (non-hydrogen) atoms. The molecular formula is C132H116Ir4N8O3S-4. The smallest absolute Gasteiger partial charge is 0.143 e. The fourth-order valence-corrected chi connectivity index (χ4v) is 21.9. The van der Waals surface area contributed by atoms with Crippen LogP contribution in [-0.2, 0) is 80.4 Å². The number of imidazole rings is 4. The van der Waals surface area contributed by atoms with Gasteiger partial charge in [-0.2, -0.15) is 0 Å². The third-order valence-corrected chi connectivity index (χ3v) is 29.1. The fourth-order valence-electron chi connectivity index (χ4n) is 20.6. The van der Waals surface area contributed by atoms with Gasteiger partial charge in [-0.05, 0) is 228 Å². The second-order valence-corrected chi connectivity index (χ2v) is 41.1. The molecule has 16 heteroatoms. The third kappa shape index (κ3) is 20.8. The molecule has 16 aromatic carbocycles. The van der Waals surface area contributed by atoms with Gasteiger partial charge in [0.15, 0.2) is 0 Å². The van der Waals surface area contributed by atoms with E-state index >= 15 is 0 Å². The maximum atomic E-state index is 6.40. The van der Waals surface area contributed by atoms with Crippen LogP contribution in [0.15, 0.2) is 378 Å². The molecule has 0 aliphatic heterocycles. The van der Waals surface area contributed by atoms with Gasteiger partial charge in [0.05, 0.1) is 23.3 Å². The Morgan fingerprint density at radius 3 is 0.905 bits per heavy atom. The van der Waals surface area contributed by atoms with Crippen LogP contribution in [0.4, 0.5) is 0 Å². The van der Waals surface area contributed by atoms with E-state index in [-0.39, 0.29) is 80.4 Å². The molecule has 0 fully saturated rings. The van der Waals surface area contributed by atoms with Gasteiger partial charge in [-0.25, -0.2) is 0 Å². The predicted molar refractivity (Wildman–Crippen MR) is 601 cm³/mol. The molecule has 8 aromatic heterocycles. The van der Waals surface area contributed by atoms with Crippen molar-refractivity contribution >= 4 is 97.3 Å². The summed E-state index contributed by atoms with van der Waals surface area (Å²) in [5.41, 5.74) is 34.6. The first-order valence-electron chi connectivity index (χ1n) is 50.5. The number of fused-ring (bicyclic) bond motifs is 12. The van der Waals surface area contributed by atoms with Gasteiger partial charge in [0.1, 0.15) is 33.5 Å². The molecule has 0 saturated carbocycles. The molecule has 0 aliphatic rings. The number of nitrogens with zero attached hydrogens (tertiary/aromatic N) is 8. The zero-order valence-electron chi connectivity index (χ0n) is 85.8. The van der Waals surface area contributed by atoms with Gasteiger partial charge in [0.25, 0.3) is 0 Å². The van der Waals surface area contributed by atoms with Gasteiger partial charge in [0, 0.05) is 211 Å². The molecule has 0 atom stereocenters. The zero-order chi connectivity index (χ0) is 99.2. The van der Waals surface area contributed by atoms with Gasteiger partial charge in [0.2, 0.25) is 0 Å². The molecule has 0 saturated heterocycles. The predicted octanol–water partition coefficient (Wildman–Crippen LogP) is 37.1. The van der Waals surface area contributed by atoms with E-state index < -0.39 is 0 Å². The monoisotopic (exact) mass is 2660 g/mol. The topological polar surface area (TPSA) is 111 Å². The van der Waals surface area contributed by atoms with E-state index in [4.69, 9.17) is 33.2 Å². The summed E-state index contributed by atoms with van der Waals surface area (Å²) in [6, 6.07) is 124. The Morgan fingerprint density at radius 1 is 0.230 bits per heavy atom. The molecule has 0 unspecified atom stereocenters. The number of rotatable bonds is 20.